The number of carbonyl (C=O) groups excluding carboxylic acids is 2. The Balaban J connectivity index is 2.13. The minimum absolute atomic E-state index is 0.0730. The molecule has 2 heterocycles. The van der Waals surface area contributed by atoms with Crippen LogP contribution in [0.3, 0.4) is 0 Å². The Morgan fingerprint density at radius 2 is 2.04 bits per heavy atom. The van der Waals surface area contributed by atoms with Crippen molar-refractivity contribution >= 4 is 17.6 Å². The molecule has 0 spiro atoms. The highest BCUT2D eigenvalue weighted by Gasteiger charge is 2.41. The highest BCUT2D eigenvalue weighted by Crippen LogP contribution is 2.41. The van der Waals surface area contributed by atoms with E-state index in [2.05, 4.69) is 5.32 Å². The van der Waals surface area contributed by atoms with Gasteiger partial charge in [0.25, 0.3) is 5.69 Å². The number of nitrogens with one attached hydrogen (secondary N) is 1. The molecule has 0 amide bonds. The van der Waals surface area contributed by atoms with Crippen molar-refractivity contribution in [2.75, 3.05) is 13.7 Å². The van der Waals surface area contributed by atoms with Gasteiger partial charge in [0, 0.05) is 17.8 Å². The third kappa shape index (κ3) is 2.41. The Kier molecular flexibility index (Phi) is 3.80. The molecule has 2 aliphatic rings. The van der Waals surface area contributed by atoms with Crippen LogP contribution in [0, 0.1) is 10.1 Å². The van der Waals surface area contributed by atoms with Gasteiger partial charge < -0.3 is 14.8 Å². The van der Waals surface area contributed by atoms with Crippen LogP contribution in [-0.4, -0.2) is 30.6 Å². The molecule has 24 heavy (non-hydrogen) atoms. The number of benzene rings is 1. The standard InChI is InChI=1S/C16H14N2O6/c1-8-12(15(19)23-2)13(14-11(17-8)7-24-16(14)20)9-3-5-10(6-4-9)18(21)22/h3-6,13,17H,7H2,1-2H3. The lowest BCUT2D eigenvalue weighted by Gasteiger charge is -2.27. The van der Waals surface area contributed by atoms with Crippen LogP contribution < -0.4 is 5.32 Å². The Morgan fingerprint density at radius 3 is 2.62 bits per heavy atom. The van der Waals surface area contributed by atoms with E-state index in [-0.39, 0.29) is 17.9 Å². The van der Waals surface area contributed by atoms with E-state index in [9.17, 15) is 19.7 Å². The number of dihydropyridines is 1. The lowest BCUT2D eigenvalue weighted by Crippen LogP contribution is -2.29. The van der Waals surface area contributed by atoms with Crippen LogP contribution in [0.2, 0.25) is 0 Å². The topological polar surface area (TPSA) is 108 Å². The maximum absolute atomic E-state index is 12.2. The van der Waals surface area contributed by atoms with Gasteiger partial charge in [-0.15, -0.1) is 0 Å². The second kappa shape index (κ2) is 5.80. The van der Waals surface area contributed by atoms with Gasteiger partial charge in [-0.1, -0.05) is 12.1 Å². The van der Waals surface area contributed by atoms with E-state index in [1.54, 1.807) is 6.92 Å². The largest absolute Gasteiger partial charge is 0.466 e. The number of ether oxygens (including phenoxy) is 2. The van der Waals surface area contributed by atoms with Crippen molar-refractivity contribution in [3.8, 4) is 0 Å². The third-order valence-corrected chi connectivity index (χ3v) is 4.05. The smallest absolute Gasteiger partial charge is 0.337 e. The van der Waals surface area contributed by atoms with Crippen LogP contribution in [0.15, 0.2) is 46.8 Å². The van der Waals surface area contributed by atoms with Crippen molar-refractivity contribution in [1.82, 2.24) is 5.32 Å². The molecule has 1 atom stereocenters. The quantitative estimate of drug-likeness (QED) is 0.509. The Labute approximate surface area is 136 Å². The summed E-state index contributed by atoms with van der Waals surface area (Å²) < 4.78 is 9.90. The van der Waals surface area contributed by atoms with Gasteiger partial charge in [0.05, 0.1) is 34.8 Å². The number of hydrogen-bond donors (Lipinski definition) is 1. The summed E-state index contributed by atoms with van der Waals surface area (Å²) in [5.41, 5.74) is 2.26. The van der Waals surface area contributed by atoms with Gasteiger partial charge in [0.15, 0.2) is 0 Å². The molecular formula is C16H14N2O6. The molecule has 2 aliphatic heterocycles. The molecule has 0 bridgehead atoms. The van der Waals surface area contributed by atoms with Gasteiger partial charge in [0.2, 0.25) is 0 Å². The number of nitrogens with zero attached hydrogens (tertiary/aromatic N) is 1. The first-order chi connectivity index (χ1) is 11.4. The first kappa shape index (κ1) is 15.7. The predicted octanol–water partition coefficient (Wildman–Crippen LogP) is 1.54. The molecule has 0 aliphatic carbocycles. The summed E-state index contributed by atoms with van der Waals surface area (Å²) in [6, 6.07) is 5.73. The number of esters is 2. The first-order valence-corrected chi connectivity index (χ1v) is 7.14. The van der Waals surface area contributed by atoms with Gasteiger partial charge in [-0.05, 0) is 12.5 Å². The molecule has 8 nitrogen and oxygen atoms in total. The Morgan fingerprint density at radius 1 is 1.38 bits per heavy atom. The Bertz CT molecular complexity index is 806. The molecule has 1 N–H and O–H groups in total. The second-order valence-electron chi connectivity index (χ2n) is 5.41. The second-order valence-corrected chi connectivity index (χ2v) is 5.41. The predicted molar refractivity (Wildman–Crippen MR) is 81.7 cm³/mol. The number of rotatable bonds is 3. The number of non-ortho nitro benzene ring substituents is 1. The van der Waals surface area contributed by atoms with Crippen molar-refractivity contribution in [3.63, 3.8) is 0 Å². The number of nitro benzene ring substituents is 1. The van der Waals surface area contributed by atoms with Crippen molar-refractivity contribution in [1.29, 1.82) is 0 Å². The fourth-order valence-electron chi connectivity index (χ4n) is 2.97. The fraction of sp³-hybridized carbons (Fsp3) is 0.250. The summed E-state index contributed by atoms with van der Waals surface area (Å²) in [4.78, 5) is 34.7. The average Bonchev–Trinajstić information content (AvgIpc) is 2.93. The van der Waals surface area contributed by atoms with E-state index < -0.39 is 22.8 Å². The van der Waals surface area contributed by atoms with E-state index in [1.807, 2.05) is 0 Å². The number of nitro groups is 1. The number of carbonyl (C=O) groups is 2. The molecule has 0 aromatic heterocycles. The monoisotopic (exact) mass is 330 g/mol. The molecule has 8 heteroatoms. The van der Waals surface area contributed by atoms with Gasteiger partial charge in [-0.3, -0.25) is 10.1 Å². The molecule has 0 saturated carbocycles. The minimum Gasteiger partial charge on any atom is -0.466 e. The van der Waals surface area contributed by atoms with E-state index in [4.69, 9.17) is 9.47 Å². The van der Waals surface area contributed by atoms with E-state index in [0.29, 0.717) is 22.5 Å². The molecule has 1 aromatic carbocycles. The van der Waals surface area contributed by atoms with Crippen molar-refractivity contribution in [2.24, 2.45) is 0 Å². The Hall–Kier alpha value is -3.16. The minimum atomic E-state index is -0.690. The van der Waals surface area contributed by atoms with Crippen LogP contribution in [0.5, 0.6) is 0 Å². The molecule has 3 rings (SSSR count). The number of allylic oxidation sites excluding steroid dienone is 1. The summed E-state index contributed by atoms with van der Waals surface area (Å²) in [6.45, 7) is 1.81. The summed E-state index contributed by atoms with van der Waals surface area (Å²) in [5, 5.41) is 13.8. The number of methoxy groups -OCH3 is 1. The van der Waals surface area contributed by atoms with Crippen LogP contribution >= 0.6 is 0 Å². The zero-order valence-corrected chi connectivity index (χ0v) is 13.0. The van der Waals surface area contributed by atoms with Crippen molar-refractivity contribution in [2.45, 2.75) is 12.8 Å². The lowest BCUT2D eigenvalue weighted by molar-refractivity contribution is -0.384. The molecule has 1 aromatic rings. The summed E-state index contributed by atoms with van der Waals surface area (Å²) in [5.74, 6) is -1.78. The van der Waals surface area contributed by atoms with Crippen LogP contribution in [0.1, 0.15) is 18.4 Å². The number of cyclic esters (lactones) is 1. The van der Waals surface area contributed by atoms with Crippen LogP contribution in [0.4, 0.5) is 5.69 Å². The van der Waals surface area contributed by atoms with Crippen molar-refractivity contribution < 1.29 is 24.0 Å². The fourth-order valence-corrected chi connectivity index (χ4v) is 2.97. The van der Waals surface area contributed by atoms with Gasteiger partial charge >= 0.3 is 11.9 Å². The third-order valence-electron chi connectivity index (χ3n) is 4.05. The molecule has 0 radical (unpaired) electrons. The number of hydrogen-bond acceptors (Lipinski definition) is 7. The maximum Gasteiger partial charge on any atom is 0.337 e. The van der Waals surface area contributed by atoms with E-state index in [0.717, 1.165) is 0 Å². The molecule has 0 fully saturated rings. The average molecular weight is 330 g/mol. The molecule has 0 saturated heterocycles. The highest BCUT2D eigenvalue weighted by molar-refractivity contribution is 6.01. The highest BCUT2D eigenvalue weighted by atomic mass is 16.6. The van der Waals surface area contributed by atoms with E-state index >= 15 is 0 Å². The van der Waals surface area contributed by atoms with Gasteiger partial charge in [-0.2, -0.15) is 0 Å². The van der Waals surface area contributed by atoms with Crippen LogP contribution in [-0.2, 0) is 19.1 Å². The lowest BCUT2D eigenvalue weighted by atomic mass is 9.81. The molecule has 124 valence electrons. The summed E-state index contributed by atoms with van der Waals surface area (Å²) in [6.07, 6.45) is 0. The van der Waals surface area contributed by atoms with Crippen LogP contribution in [0.25, 0.3) is 0 Å². The maximum atomic E-state index is 12.2. The zero-order chi connectivity index (χ0) is 17.4. The summed E-state index contributed by atoms with van der Waals surface area (Å²) >= 11 is 0. The van der Waals surface area contributed by atoms with Gasteiger partial charge in [0.1, 0.15) is 6.61 Å². The van der Waals surface area contributed by atoms with E-state index in [1.165, 1.54) is 31.4 Å². The first-order valence-electron chi connectivity index (χ1n) is 7.14. The zero-order valence-electron chi connectivity index (χ0n) is 13.0. The molecule has 1 unspecified atom stereocenters. The SMILES string of the molecule is COC(=O)C1=C(C)NC2=C(C(=O)OC2)C1c1ccc([N+](=O)[O-])cc1. The van der Waals surface area contributed by atoms with Gasteiger partial charge in [-0.25, -0.2) is 9.59 Å². The normalized spacial score (nSPS) is 19.6. The summed E-state index contributed by atoms with van der Waals surface area (Å²) in [7, 11) is 1.26. The molecular weight excluding hydrogens is 316 g/mol. The van der Waals surface area contributed by atoms with Crippen molar-refractivity contribution in [3.05, 3.63) is 62.5 Å².